The molecular formula is C14H15FN2O2. The van der Waals surface area contributed by atoms with Gasteiger partial charge in [-0.05, 0) is 31.5 Å². The van der Waals surface area contributed by atoms with E-state index in [-0.39, 0.29) is 11.9 Å². The van der Waals surface area contributed by atoms with Crippen LogP contribution in [0.3, 0.4) is 0 Å². The number of aryl methyl sites for hydroxylation is 1. The van der Waals surface area contributed by atoms with Crippen molar-refractivity contribution in [2.24, 2.45) is 5.92 Å². The van der Waals surface area contributed by atoms with Crippen LogP contribution in [0, 0.1) is 18.7 Å². The first-order valence-corrected chi connectivity index (χ1v) is 6.29. The van der Waals surface area contributed by atoms with Crippen molar-refractivity contribution in [2.45, 2.75) is 19.4 Å². The number of hydrogen-bond acceptors (Lipinski definition) is 2. The molecule has 1 aliphatic rings. The zero-order chi connectivity index (χ0) is 13.6. The lowest BCUT2D eigenvalue weighted by Crippen LogP contribution is -2.17. The third kappa shape index (κ3) is 2.10. The van der Waals surface area contributed by atoms with Crippen molar-refractivity contribution in [3.8, 4) is 0 Å². The molecule has 1 fully saturated rings. The quantitative estimate of drug-likeness (QED) is 0.778. The minimum Gasteiger partial charge on any atom is -0.481 e. The second-order valence-electron chi connectivity index (χ2n) is 5.15. The number of aromatic nitrogens is 1. The van der Waals surface area contributed by atoms with Crippen LogP contribution in [0.1, 0.15) is 23.7 Å². The number of aliphatic carboxylic acids is 1. The molecule has 1 aliphatic heterocycles. The van der Waals surface area contributed by atoms with Gasteiger partial charge in [0.2, 0.25) is 0 Å². The van der Waals surface area contributed by atoms with Crippen molar-refractivity contribution >= 4 is 16.9 Å². The highest BCUT2D eigenvalue weighted by molar-refractivity contribution is 5.81. The molecular weight excluding hydrogens is 247 g/mol. The Balaban J connectivity index is 1.96. The van der Waals surface area contributed by atoms with Gasteiger partial charge >= 0.3 is 5.97 Å². The van der Waals surface area contributed by atoms with Crippen molar-refractivity contribution in [1.29, 1.82) is 0 Å². The van der Waals surface area contributed by atoms with Crippen LogP contribution >= 0.6 is 0 Å². The van der Waals surface area contributed by atoms with Crippen molar-refractivity contribution in [3.05, 3.63) is 35.3 Å². The van der Waals surface area contributed by atoms with Gasteiger partial charge in [-0.1, -0.05) is 0 Å². The average molecular weight is 262 g/mol. The molecule has 1 aromatic heterocycles. The summed E-state index contributed by atoms with van der Waals surface area (Å²) in [5.41, 5.74) is 2.40. The highest BCUT2D eigenvalue weighted by atomic mass is 19.1. The summed E-state index contributed by atoms with van der Waals surface area (Å²) in [6.07, 6.45) is 0.428. The third-order valence-corrected chi connectivity index (χ3v) is 3.73. The number of benzene rings is 1. The van der Waals surface area contributed by atoms with E-state index in [2.05, 4.69) is 10.3 Å². The first-order chi connectivity index (χ1) is 9.04. The smallest absolute Gasteiger partial charge is 0.307 e. The summed E-state index contributed by atoms with van der Waals surface area (Å²) >= 11 is 0. The maximum atomic E-state index is 14.1. The Morgan fingerprint density at radius 1 is 1.42 bits per heavy atom. The van der Waals surface area contributed by atoms with E-state index in [0.29, 0.717) is 18.5 Å². The topological polar surface area (TPSA) is 65.1 Å². The van der Waals surface area contributed by atoms with Gasteiger partial charge in [-0.25, -0.2) is 4.39 Å². The third-order valence-electron chi connectivity index (χ3n) is 3.73. The summed E-state index contributed by atoms with van der Waals surface area (Å²) in [4.78, 5) is 14.1. The Kier molecular flexibility index (Phi) is 2.78. The zero-order valence-electron chi connectivity index (χ0n) is 10.5. The number of carbonyl (C=O) groups is 1. The van der Waals surface area contributed by atoms with Gasteiger partial charge in [0.05, 0.1) is 5.92 Å². The van der Waals surface area contributed by atoms with Gasteiger partial charge in [-0.15, -0.1) is 0 Å². The molecule has 2 aromatic rings. The number of carboxylic acids is 1. The highest BCUT2D eigenvalue weighted by Crippen LogP contribution is 2.31. The molecule has 3 rings (SSSR count). The molecule has 2 heterocycles. The molecule has 2 atom stereocenters. The van der Waals surface area contributed by atoms with Crippen LogP contribution in [0.25, 0.3) is 10.9 Å². The van der Waals surface area contributed by atoms with Crippen molar-refractivity contribution < 1.29 is 14.3 Å². The Labute approximate surface area is 109 Å². The van der Waals surface area contributed by atoms with Gasteiger partial charge in [0, 0.05) is 34.7 Å². The zero-order valence-corrected chi connectivity index (χ0v) is 10.5. The molecule has 100 valence electrons. The number of halogens is 1. The number of carboxylic acid groups (broad SMARTS) is 1. The SMILES string of the molecule is Cc1cc2cc(F)c(C3CC(C(=O)O)CN3)cc2[nH]1. The monoisotopic (exact) mass is 262 g/mol. The van der Waals surface area contributed by atoms with E-state index in [1.807, 2.05) is 13.0 Å². The predicted octanol–water partition coefficient (Wildman–Crippen LogP) is 2.35. The van der Waals surface area contributed by atoms with Crippen LogP contribution in [0.15, 0.2) is 18.2 Å². The fourth-order valence-corrected chi connectivity index (χ4v) is 2.74. The van der Waals surface area contributed by atoms with Gasteiger partial charge in [0.15, 0.2) is 0 Å². The molecule has 3 N–H and O–H groups in total. The standard InChI is InChI=1S/C14H15FN2O2/c1-7-2-8-3-11(15)10(5-12(8)17-7)13-4-9(6-16-13)14(18)19/h2-3,5,9,13,16-17H,4,6H2,1H3,(H,18,19). The summed E-state index contributed by atoms with van der Waals surface area (Å²) in [6.45, 7) is 2.31. The average Bonchev–Trinajstić information content (AvgIpc) is 2.92. The van der Waals surface area contributed by atoms with E-state index in [1.54, 1.807) is 6.07 Å². The number of rotatable bonds is 2. The largest absolute Gasteiger partial charge is 0.481 e. The predicted molar refractivity (Wildman–Crippen MR) is 69.5 cm³/mol. The van der Waals surface area contributed by atoms with Crippen molar-refractivity contribution in [1.82, 2.24) is 10.3 Å². The number of hydrogen-bond donors (Lipinski definition) is 3. The van der Waals surface area contributed by atoms with Gasteiger partial charge in [-0.2, -0.15) is 0 Å². The highest BCUT2D eigenvalue weighted by Gasteiger charge is 2.31. The molecule has 0 spiro atoms. The second kappa shape index (κ2) is 4.35. The Morgan fingerprint density at radius 3 is 2.89 bits per heavy atom. The van der Waals surface area contributed by atoms with Gasteiger partial charge < -0.3 is 15.4 Å². The molecule has 19 heavy (non-hydrogen) atoms. The summed E-state index contributed by atoms with van der Waals surface area (Å²) in [5.74, 6) is -1.55. The Hall–Kier alpha value is -1.88. The maximum absolute atomic E-state index is 14.1. The summed E-state index contributed by atoms with van der Waals surface area (Å²) in [7, 11) is 0. The fraction of sp³-hybridized carbons (Fsp3) is 0.357. The maximum Gasteiger partial charge on any atom is 0.307 e. The van der Waals surface area contributed by atoms with Crippen LogP contribution in [0.2, 0.25) is 0 Å². The van der Waals surface area contributed by atoms with Gasteiger partial charge in [0.25, 0.3) is 0 Å². The van der Waals surface area contributed by atoms with Crippen molar-refractivity contribution in [2.75, 3.05) is 6.54 Å². The molecule has 2 unspecified atom stereocenters. The lowest BCUT2D eigenvalue weighted by atomic mass is 9.99. The number of fused-ring (bicyclic) bond motifs is 1. The van der Waals surface area contributed by atoms with E-state index in [9.17, 15) is 9.18 Å². The van der Waals surface area contributed by atoms with E-state index in [4.69, 9.17) is 5.11 Å². The number of nitrogens with one attached hydrogen (secondary N) is 2. The molecule has 4 nitrogen and oxygen atoms in total. The molecule has 0 amide bonds. The van der Waals surface area contributed by atoms with Crippen molar-refractivity contribution in [3.63, 3.8) is 0 Å². The van der Waals surface area contributed by atoms with E-state index in [0.717, 1.165) is 16.6 Å². The number of H-pyrrole nitrogens is 1. The van der Waals surface area contributed by atoms with Gasteiger partial charge in [0.1, 0.15) is 5.82 Å². The first kappa shape index (κ1) is 12.2. The minimum atomic E-state index is -0.827. The molecule has 0 bridgehead atoms. The van der Waals surface area contributed by atoms with Crippen LogP contribution in [-0.4, -0.2) is 22.6 Å². The Morgan fingerprint density at radius 2 is 2.21 bits per heavy atom. The molecule has 0 radical (unpaired) electrons. The Bertz CT molecular complexity index is 650. The van der Waals surface area contributed by atoms with Crippen LogP contribution < -0.4 is 5.32 Å². The molecule has 1 aromatic carbocycles. The first-order valence-electron chi connectivity index (χ1n) is 6.29. The number of aromatic amines is 1. The van der Waals surface area contributed by atoms with Crippen LogP contribution in [0.5, 0.6) is 0 Å². The fourth-order valence-electron chi connectivity index (χ4n) is 2.74. The van der Waals surface area contributed by atoms with Crippen LogP contribution in [0.4, 0.5) is 4.39 Å². The summed E-state index contributed by atoms with van der Waals surface area (Å²) in [6, 6.07) is 4.95. The normalized spacial score (nSPS) is 23.1. The van der Waals surface area contributed by atoms with E-state index >= 15 is 0 Å². The molecule has 0 aliphatic carbocycles. The lowest BCUT2D eigenvalue weighted by Gasteiger charge is -2.12. The molecule has 0 saturated carbocycles. The second-order valence-corrected chi connectivity index (χ2v) is 5.15. The molecule has 1 saturated heterocycles. The summed E-state index contributed by atoms with van der Waals surface area (Å²) < 4.78 is 14.1. The molecule has 5 heteroatoms. The summed E-state index contributed by atoms with van der Waals surface area (Å²) in [5, 5.41) is 12.9. The minimum absolute atomic E-state index is 0.228. The van der Waals surface area contributed by atoms with Gasteiger partial charge in [-0.3, -0.25) is 4.79 Å². The van der Waals surface area contributed by atoms with Crippen LogP contribution in [-0.2, 0) is 4.79 Å². The lowest BCUT2D eigenvalue weighted by molar-refractivity contribution is -0.141. The van der Waals surface area contributed by atoms with E-state index < -0.39 is 11.9 Å². The van der Waals surface area contributed by atoms with E-state index in [1.165, 1.54) is 6.07 Å².